The maximum atomic E-state index is 13.1. The molecule has 27 heavy (non-hydrogen) atoms. The lowest BCUT2D eigenvalue weighted by molar-refractivity contribution is -0.121. The smallest absolute Gasteiger partial charge is 0.263 e. The molecule has 2 aromatic rings. The number of imide groups is 1. The third-order valence-corrected chi connectivity index (χ3v) is 4.66. The van der Waals surface area contributed by atoms with E-state index in [0.29, 0.717) is 18.0 Å². The molecule has 2 aliphatic heterocycles. The Morgan fingerprint density at radius 3 is 2.26 bits per heavy atom. The second-order valence-corrected chi connectivity index (χ2v) is 6.72. The fourth-order valence-electron chi connectivity index (χ4n) is 3.57. The van der Waals surface area contributed by atoms with Gasteiger partial charge in [-0.3, -0.25) is 9.59 Å². The van der Waals surface area contributed by atoms with Gasteiger partial charge in [0.1, 0.15) is 5.75 Å². The van der Waals surface area contributed by atoms with E-state index in [1.807, 2.05) is 63.2 Å². The van der Waals surface area contributed by atoms with Gasteiger partial charge < -0.3 is 4.74 Å². The lowest BCUT2D eigenvalue weighted by atomic mass is 10.1. The first-order valence-electron chi connectivity index (χ1n) is 8.88. The fraction of sp³-hybridized carbons (Fsp3) is 0.300. The number of aryl methyl sites for hydroxylation is 2. The van der Waals surface area contributed by atoms with Crippen molar-refractivity contribution in [3.63, 3.8) is 0 Å². The van der Waals surface area contributed by atoms with Crippen LogP contribution >= 0.6 is 0 Å². The number of hydrogen-bond acceptors (Lipinski definition) is 6. The molecule has 7 nitrogen and oxygen atoms in total. The van der Waals surface area contributed by atoms with Crippen molar-refractivity contribution in [2.75, 3.05) is 16.5 Å². The second-order valence-electron chi connectivity index (χ2n) is 6.72. The Bertz CT molecular complexity index is 918. The zero-order valence-corrected chi connectivity index (χ0v) is 15.4. The Balaban J connectivity index is 1.65. The molecule has 1 fully saturated rings. The topological polar surface area (TPSA) is 74.6 Å². The van der Waals surface area contributed by atoms with E-state index in [-0.39, 0.29) is 11.8 Å². The van der Waals surface area contributed by atoms with Crippen LogP contribution in [0, 0.1) is 13.8 Å². The maximum absolute atomic E-state index is 13.1. The zero-order valence-electron chi connectivity index (χ0n) is 15.4. The van der Waals surface area contributed by atoms with Gasteiger partial charge in [0.25, 0.3) is 11.8 Å². The van der Waals surface area contributed by atoms with Crippen molar-refractivity contribution < 1.29 is 14.3 Å². The Hall–Kier alpha value is -3.22. The van der Waals surface area contributed by atoms with Gasteiger partial charge in [-0.1, -0.05) is 11.3 Å². The second kappa shape index (κ2) is 6.50. The van der Waals surface area contributed by atoms with E-state index in [9.17, 15) is 9.59 Å². The molecular weight excluding hydrogens is 344 g/mol. The number of carbonyl (C=O) groups excluding carboxylic acids is 2. The minimum absolute atomic E-state index is 0.311. The van der Waals surface area contributed by atoms with Crippen molar-refractivity contribution in [3.8, 4) is 5.75 Å². The number of ether oxygens (including phenoxy) is 1. The van der Waals surface area contributed by atoms with Crippen molar-refractivity contribution in [2.24, 2.45) is 10.3 Å². The lowest BCUT2D eigenvalue weighted by Gasteiger charge is -2.21. The number of anilines is 2. The van der Waals surface area contributed by atoms with Crippen LogP contribution in [0.1, 0.15) is 18.1 Å². The molecule has 0 unspecified atom stereocenters. The summed E-state index contributed by atoms with van der Waals surface area (Å²) < 4.78 is 5.44. The van der Waals surface area contributed by atoms with Crippen LogP contribution in [0.5, 0.6) is 5.75 Å². The highest BCUT2D eigenvalue weighted by molar-refractivity contribution is 6.26. The van der Waals surface area contributed by atoms with Gasteiger partial charge in [0.2, 0.25) is 0 Å². The van der Waals surface area contributed by atoms with Crippen molar-refractivity contribution in [1.29, 1.82) is 0 Å². The first-order chi connectivity index (χ1) is 13.0. The Morgan fingerprint density at radius 2 is 1.63 bits per heavy atom. The molecule has 0 aliphatic carbocycles. The van der Waals surface area contributed by atoms with Crippen LogP contribution < -0.4 is 14.6 Å². The molecule has 138 valence electrons. The summed E-state index contributed by atoms with van der Waals surface area (Å²) in [5.74, 6) is 0.0840. The van der Waals surface area contributed by atoms with Crippen molar-refractivity contribution in [2.45, 2.75) is 32.9 Å². The average Bonchev–Trinajstić information content (AvgIpc) is 3.16. The molecule has 0 radical (unpaired) electrons. The predicted molar refractivity (Wildman–Crippen MR) is 101 cm³/mol. The predicted octanol–water partition coefficient (Wildman–Crippen LogP) is 3.20. The summed E-state index contributed by atoms with van der Waals surface area (Å²) in [5.41, 5.74) is 3.26. The standard InChI is InChI=1S/C20H20N4O3/c1-4-27-16-7-5-14(6-8-16)24-18-17(21-22-24)19(25)23(20(18)26)15-10-12(2)9-13(3)11-15/h5-11,17-18H,4H2,1-3H3/t17-,18-/m1/s1. The Labute approximate surface area is 157 Å². The van der Waals surface area contributed by atoms with Crippen LogP contribution in [0.3, 0.4) is 0 Å². The Kier molecular flexibility index (Phi) is 4.14. The molecule has 0 bridgehead atoms. The summed E-state index contributed by atoms with van der Waals surface area (Å²) in [6.45, 7) is 6.37. The van der Waals surface area contributed by atoms with Gasteiger partial charge in [0.05, 0.1) is 18.0 Å². The van der Waals surface area contributed by atoms with Gasteiger partial charge in [-0.05, 0) is 68.3 Å². The third-order valence-electron chi connectivity index (χ3n) is 4.66. The molecule has 2 atom stereocenters. The minimum atomic E-state index is -0.815. The van der Waals surface area contributed by atoms with Gasteiger partial charge in [0, 0.05) is 0 Å². The fourth-order valence-corrected chi connectivity index (χ4v) is 3.57. The number of hydrogen-bond donors (Lipinski definition) is 0. The monoisotopic (exact) mass is 364 g/mol. The summed E-state index contributed by atoms with van der Waals surface area (Å²) >= 11 is 0. The van der Waals surface area contributed by atoms with E-state index in [4.69, 9.17) is 4.74 Å². The highest BCUT2D eigenvalue weighted by Crippen LogP contribution is 2.35. The minimum Gasteiger partial charge on any atom is -0.494 e. The third kappa shape index (κ3) is 2.85. The van der Waals surface area contributed by atoms with Gasteiger partial charge in [-0.25, -0.2) is 9.91 Å². The van der Waals surface area contributed by atoms with E-state index >= 15 is 0 Å². The molecule has 0 aromatic heterocycles. The van der Waals surface area contributed by atoms with Crippen LogP contribution in [0.25, 0.3) is 0 Å². The SMILES string of the molecule is CCOc1ccc(N2N=N[C@H]3C(=O)N(c4cc(C)cc(C)c4)C(=O)[C@@H]32)cc1. The molecule has 2 heterocycles. The summed E-state index contributed by atoms with van der Waals surface area (Å²) in [4.78, 5) is 27.2. The van der Waals surface area contributed by atoms with E-state index in [1.165, 1.54) is 9.91 Å². The van der Waals surface area contributed by atoms with Gasteiger partial charge in [-0.15, -0.1) is 0 Å². The average molecular weight is 364 g/mol. The van der Waals surface area contributed by atoms with Gasteiger partial charge in [0.15, 0.2) is 12.1 Å². The molecule has 0 N–H and O–H groups in total. The van der Waals surface area contributed by atoms with Crippen LogP contribution in [-0.4, -0.2) is 30.5 Å². The van der Waals surface area contributed by atoms with E-state index < -0.39 is 12.1 Å². The molecule has 4 rings (SSSR count). The van der Waals surface area contributed by atoms with E-state index in [1.54, 1.807) is 0 Å². The summed E-state index contributed by atoms with van der Waals surface area (Å²) in [6.07, 6.45) is 0. The highest BCUT2D eigenvalue weighted by Gasteiger charge is 2.55. The van der Waals surface area contributed by atoms with Crippen LogP contribution in [-0.2, 0) is 9.59 Å². The number of amides is 2. The number of nitrogens with zero attached hydrogens (tertiary/aromatic N) is 4. The largest absolute Gasteiger partial charge is 0.494 e. The molecule has 1 saturated heterocycles. The van der Waals surface area contributed by atoms with Crippen molar-refractivity contribution >= 4 is 23.2 Å². The first-order valence-corrected chi connectivity index (χ1v) is 8.88. The maximum Gasteiger partial charge on any atom is 0.263 e. The summed E-state index contributed by atoms with van der Waals surface area (Å²) in [5, 5.41) is 9.67. The van der Waals surface area contributed by atoms with E-state index in [2.05, 4.69) is 10.3 Å². The molecule has 2 amide bonds. The van der Waals surface area contributed by atoms with Gasteiger partial charge in [-0.2, -0.15) is 5.11 Å². The molecule has 0 spiro atoms. The normalized spacial score (nSPS) is 21.1. The molecule has 7 heteroatoms. The quantitative estimate of drug-likeness (QED) is 0.781. The van der Waals surface area contributed by atoms with Crippen molar-refractivity contribution in [3.05, 3.63) is 53.6 Å². The molecule has 2 aliphatic rings. The van der Waals surface area contributed by atoms with Crippen molar-refractivity contribution in [1.82, 2.24) is 0 Å². The number of carbonyl (C=O) groups is 2. The first kappa shape index (κ1) is 17.2. The van der Waals surface area contributed by atoms with Crippen LogP contribution in [0.15, 0.2) is 52.8 Å². The van der Waals surface area contributed by atoms with E-state index in [0.717, 1.165) is 16.9 Å². The summed E-state index contributed by atoms with van der Waals surface area (Å²) in [6, 6.07) is 11.3. The number of fused-ring (bicyclic) bond motifs is 1. The highest BCUT2D eigenvalue weighted by atomic mass is 16.5. The zero-order chi connectivity index (χ0) is 19.1. The summed E-state index contributed by atoms with van der Waals surface area (Å²) in [7, 11) is 0. The number of rotatable bonds is 4. The molecule has 0 saturated carbocycles. The molecular formula is C20H20N4O3. The van der Waals surface area contributed by atoms with Gasteiger partial charge >= 0.3 is 0 Å². The molecule has 2 aromatic carbocycles. The van der Waals surface area contributed by atoms with Crippen LogP contribution in [0.2, 0.25) is 0 Å². The number of benzene rings is 2. The lowest BCUT2D eigenvalue weighted by Crippen LogP contribution is -2.39. The Morgan fingerprint density at radius 1 is 0.963 bits per heavy atom. The van der Waals surface area contributed by atoms with Crippen LogP contribution in [0.4, 0.5) is 11.4 Å².